The molecule has 1 aromatic carbocycles. The zero-order chi connectivity index (χ0) is 15.6. The fourth-order valence-corrected chi connectivity index (χ4v) is 2.13. The van der Waals surface area contributed by atoms with Crippen molar-refractivity contribution in [3.63, 3.8) is 0 Å². The van der Waals surface area contributed by atoms with Crippen molar-refractivity contribution >= 4 is 29.9 Å². The van der Waals surface area contributed by atoms with Gasteiger partial charge >= 0.3 is 0 Å². The second-order valence-electron chi connectivity index (χ2n) is 4.88. The number of aliphatic imine (C=N–C) groups is 1. The van der Waals surface area contributed by atoms with E-state index in [-0.39, 0.29) is 30.6 Å². The van der Waals surface area contributed by atoms with Gasteiger partial charge in [0.15, 0.2) is 5.96 Å². The molecule has 0 bridgehead atoms. The molecule has 0 aliphatic carbocycles. The van der Waals surface area contributed by atoms with E-state index in [0.29, 0.717) is 6.54 Å². The molecule has 0 radical (unpaired) electrons. The van der Waals surface area contributed by atoms with Gasteiger partial charge in [0.2, 0.25) is 0 Å². The molecular formula is C17H24IN3O2. The molecule has 0 fully saturated rings. The first kappa shape index (κ1) is 19.5. The third-order valence-electron chi connectivity index (χ3n) is 3.28. The Morgan fingerprint density at radius 1 is 1.13 bits per heavy atom. The van der Waals surface area contributed by atoms with Crippen LogP contribution in [0.15, 0.2) is 52.1 Å². The van der Waals surface area contributed by atoms with Gasteiger partial charge in [-0.3, -0.25) is 0 Å². The molecule has 0 spiro atoms. The first-order valence-electron chi connectivity index (χ1n) is 7.55. The predicted octanol–water partition coefficient (Wildman–Crippen LogP) is 2.69. The topological polar surface area (TPSA) is 69.8 Å². The predicted molar refractivity (Wildman–Crippen MR) is 103 cm³/mol. The number of furan rings is 1. The average molecular weight is 429 g/mol. The van der Waals surface area contributed by atoms with Crippen LogP contribution in [0.4, 0.5) is 0 Å². The normalized spacial score (nSPS) is 11.0. The van der Waals surface area contributed by atoms with Crippen LogP contribution in [0.1, 0.15) is 23.8 Å². The number of aliphatic hydroxyl groups is 1. The molecule has 23 heavy (non-hydrogen) atoms. The largest absolute Gasteiger partial charge is 0.469 e. The maximum Gasteiger partial charge on any atom is 0.191 e. The van der Waals surface area contributed by atoms with E-state index >= 15 is 0 Å². The number of hydrogen-bond acceptors (Lipinski definition) is 3. The lowest BCUT2D eigenvalue weighted by atomic mass is 10.1. The quantitative estimate of drug-likeness (QED) is 0.360. The average Bonchev–Trinajstić information content (AvgIpc) is 3.06. The molecule has 0 saturated heterocycles. The third-order valence-corrected chi connectivity index (χ3v) is 3.28. The van der Waals surface area contributed by atoms with E-state index in [1.165, 1.54) is 0 Å². The van der Waals surface area contributed by atoms with Crippen LogP contribution in [-0.4, -0.2) is 24.2 Å². The first-order chi connectivity index (χ1) is 10.8. The van der Waals surface area contributed by atoms with E-state index < -0.39 is 0 Å². The Hall–Kier alpha value is -1.54. The number of nitrogens with zero attached hydrogens (tertiary/aromatic N) is 1. The molecule has 0 amide bonds. The molecule has 2 aromatic rings. The Balaban J connectivity index is 0.00000264. The van der Waals surface area contributed by atoms with Crippen LogP contribution in [-0.2, 0) is 19.6 Å². The second kappa shape index (κ2) is 11.1. The van der Waals surface area contributed by atoms with Gasteiger partial charge in [-0.05, 0) is 30.2 Å². The van der Waals surface area contributed by atoms with Crippen molar-refractivity contribution in [2.24, 2.45) is 4.99 Å². The Labute approximate surface area is 154 Å². The number of rotatable bonds is 7. The number of guanidine groups is 1. The summed E-state index contributed by atoms with van der Waals surface area (Å²) >= 11 is 0. The van der Waals surface area contributed by atoms with Crippen molar-refractivity contribution in [2.75, 3.05) is 13.1 Å². The summed E-state index contributed by atoms with van der Waals surface area (Å²) in [6, 6.07) is 11.6. The number of aliphatic hydroxyl groups excluding tert-OH is 1. The summed E-state index contributed by atoms with van der Waals surface area (Å²) in [6.45, 7) is 4.15. The van der Waals surface area contributed by atoms with Crippen LogP contribution in [0, 0.1) is 0 Å². The fraction of sp³-hybridized carbons (Fsp3) is 0.353. The monoisotopic (exact) mass is 429 g/mol. The summed E-state index contributed by atoms with van der Waals surface area (Å²) in [4.78, 5) is 4.56. The Morgan fingerprint density at radius 2 is 1.91 bits per heavy atom. The van der Waals surface area contributed by atoms with Gasteiger partial charge < -0.3 is 20.2 Å². The summed E-state index contributed by atoms with van der Waals surface area (Å²) in [5, 5.41) is 15.8. The van der Waals surface area contributed by atoms with Crippen molar-refractivity contribution in [3.8, 4) is 0 Å². The van der Waals surface area contributed by atoms with Gasteiger partial charge in [-0.1, -0.05) is 24.3 Å². The van der Waals surface area contributed by atoms with Gasteiger partial charge in [-0.2, -0.15) is 0 Å². The van der Waals surface area contributed by atoms with E-state index in [1.807, 2.05) is 43.3 Å². The summed E-state index contributed by atoms with van der Waals surface area (Å²) in [7, 11) is 0. The molecule has 0 atom stereocenters. The minimum atomic E-state index is 0. The summed E-state index contributed by atoms with van der Waals surface area (Å²) in [5.41, 5.74) is 1.95. The molecule has 5 nitrogen and oxygen atoms in total. The van der Waals surface area contributed by atoms with Crippen LogP contribution in [0.3, 0.4) is 0 Å². The fourth-order valence-electron chi connectivity index (χ4n) is 2.13. The smallest absolute Gasteiger partial charge is 0.191 e. The SMILES string of the molecule is CCNC(=NCc1ccccc1CO)NCCc1ccco1.I. The molecule has 2 rings (SSSR count). The second-order valence-corrected chi connectivity index (χ2v) is 4.88. The van der Waals surface area contributed by atoms with Crippen molar-refractivity contribution < 1.29 is 9.52 Å². The molecule has 6 heteroatoms. The highest BCUT2D eigenvalue weighted by molar-refractivity contribution is 14.0. The molecule has 126 valence electrons. The minimum absolute atomic E-state index is 0. The lowest BCUT2D eigenvalue weighted by Crippen LogP contribution is -2.38. The zero-order valence-electron chi connectivity index (χ0n) is 13.3. The van der Waals surface area contributed by atoms with Crippen molar-refractivity contribution in [2.45, 2.75) is 26.5 Å². The van der Waals surface area contributed by atoms with Gasteiger partial charge in [0.25, 0.3) is 0 Å². The van der Waals surface area contributed by atoms with Crippen molar-refractivity contribution in [1.82, 2.24) is 10.6 Å². The van der Waals surface area contributed by atoms with Gasteiger partial charge in [-0.25, -0.2) is 4.99 Å². The van der Waals surface area contributed by atoms with Crippen molar-refractivity contribution in [3.05, 3.63) is 59.5 Å². The maximum atomic E-state index is 9.34. The highest BCUT2D eigenvalue weighted by Gasteiger charge is 2.02. The number of nitrogens with one attached hydrogen (secondary N) is 2. The number of hydrogen-bond donors (Lipinski definition) is 3. The zero-order valence-corrected chi connectivity index (χ0v) is 15.6. The minimum Gasteiger partial charge on any atom is -0.469 e. The highest BCUT2D eigenvalue weighted by Crippen LogP contribution is 2.09. The van der Waals surface area contributed by atoms with E-state index in [4.69, 9.17) is 4.42 Å². The molecular weight excluding hydrogens is 405 g/mol. The molecule has 0 saturated carbocycles. The highest BCUT2D eigenvalue weighted by atomic mass is 127. The third kappa shape index (κ3) is 6.62. The summed E-state index contributed by atoms with van der Waals surface area (Å²) < 4.78 is 5.31. The van der Waals surface area contributed by atoms with Gasteiger partial charge in [0.1, 0.15) is 5.76 Å². The van der Waals surface area contributed by atoms with Gasteiger partial charge in [0.05, 0.1) is 19.4 Å². The Bertz CT molecular complexity index is 585. The van der Waals surface area contributed by atoms with Gasteiger partial charge in [0, 0.05) is 19.5 Å². The van der Waals surface area contributed by atoms with E-state index in [9.17, 15) is 5.11 Å². The van der Waals surface area contributed by atoms with Crippen LogP contribution in [0.5, 0.6) is 0 Å². The lowest BCUT2D eigenvalue weighted by Gasteiger charge is -2.11. The molecule has 0 aliphatic heterocycles. The lowest BCUT2D eigenvalue weighted by molar-refractivity contribution is 0.280. The van der Waals surface area contributed by atoms with Gasteiger partial charge in [-0.15, -0.1) is 24.0 Å². The van der Waals surface area contributed by atoms with Crippen LogP contribution >= 0.6 is 24.0 Å². The molecule has 1 aromatic heterocycles. The van der Waals surface area contributed by atoms with Crippen LogP contribution in [0.25, 0.3) is 0 Å². The maximum absolute atomic E-state index is 9.34. The van der Waals surface area contributed by atoms with Crippen LogP contribution in [0.2, 0.25) is 0 Å². The van der Waals surface area contributed by atoms with Crippen LogP contribution < -0.4 is 10.6 Å². The van der Waals surface area contributed by atoms with E-state index in [2.05, 4.69) is 15.6 Å². The summed E-state index contributed by atoms with van der Waals surface area (Å²) in [6.07, 6.45) is 2.49. The van der Waals surface area contributed by atoms with E-state index in [1.54, 1.807) is 6.26 Å². The Kier molecular flexibility index (Phi) is 9.39. The molecule has 0 aliphatic rings. The molecule has 0 unspecified atom stereocenters. The standard InChI is InChI=1S/C17H23N3O2.HI/c1-2-18-17(19-10-9-16-8-5-11-22-16)20-12-14-6-3-4-7-15(14)13-21;/h3-8,11,21H,2,9-10,12-13H2,1H3,(H2,18,19,20);1H. The van der Waals surface area contributed by atoms with Crippen molar-refractivity contribution in [1.29, 1.82) is 0 Å². The molecule has 1 heterocycles. The Morgan fingerprint density at radius 3 is 2.57 bits per heavy atom. The first-order valence-corrected chi connectivity index (χ1v) is 7.55. The number of halogens is 1. The van der Waals surface area contributed by atoms with E-state index in [0.717, 1.165) is 42.4 Å². The number of benzene rings is 1. The summed E-state index contributed by atoms with van der Waals surface area (Å²) in [5.74, 6) is 1.72. The molecule has 3 N–H and O–H groups in total.